The van der Waals surface area contributed by atoms with E-state index in [0.29, 0.717) is 43.0 Å². The highest BCUT2D eigenvalue weighted by atomic mass is 32.2. The smallest absolute Gasteiger partial charge is 0.268 e. The zero-order chi connectivity index (χ0) is 23.3. The molecule has 32 heavy (non-hydrogen) atoms. The van der Waals surface area contributed by atoms with Crippen LogP contribution in [-0.4, -0.2) is 68.1 Å². The predicted molar refractivity (Wildman–Crippen MR) is 121 cm³/mol. The molecule has 2 aliphatic rings. The average Bonchev–Trinajstić information content (AvgIpc) is 3.38. The van der Waals surface area contributed by atoms with E-state index in [1.165, 1.54) is 8.99 Å². The number of hydrogen-bond acceptors (Lipinski definition) is 6. The van der Waals surface area contributed by atoms with Gasteiger partial charge in [-0.1, -0.05) is 18.2 Å². The zero-order valence-corrected chi connectivity index (χ0v) is 20.1. The third kappa shape index (κ3) is 3.92. The van der Waals surface area contributed by atoms with Gasteiger partial charge in [0.05, 0.1) is 28.6 Å². The van der Waals surface area contributed by atoms with Crippen LogP contribution >= 0.6 is 0 Å². The molecule has 11 heteroatoms. The summed E-state index contributed by atoms with van der Waals surface area (Å²) in [5.74, 6) is -0.214. The number of hydrogen-bond donors (Lipinski definition) is 0. The number of nitrogens with zero attached hydrogens (tertiary/aromatic N) is 4. The van der Waals surface area contributed by atoms with Crippen LogP contribution in [0.25, 0.3) is 0 Å². The van der Waals surface area contributed by atoms with Crippen LogP contribution in [0.4, 0.5) is 5.69 Å². The minimum absolute atomic E-state index is 0.0301. The largest absolute Gasteiger partial charge is 0.337 e. The number of rotatable bonds is 6. The Morgan fingerprint density at radius 2 is 1.97 bits per heavy atom. The van der Waals surface area contributed by atoms with E-state index in [9.17, 15) is 21.6 Å². The Hall–Kier alpha value is -2.40. The molecule has 174 valence electrons. The molecule has 0 N–H and O–H groups in total. The number of fused-ring (bicyclic) bond motifs is 1. The molecule has 0 saturated carbocycles. The highest BCUT2D eigenvalue weighted by Crippen LogP contribution is 2.34. The lowest BCUT2D eigenvalue weighted by Crippen LogP contribution is -2.42. The Labute approximate surface area is 189 Å². The summed E-state index contributed by atoms with van der Waals surface area (Å²) in [7, 11) is -6.96. The Bertz CT molecular complexity index is 1270. The molecule has 1 aromatic carbocycles. The SMILES string of the molecule is CCN(C(=O)Cn1nc(C)c(S(=O)(=O)N2CCc3ccccc32)c1C)[C@H]1CCS(=O)(=O)C1. The lowest BCUT2D eigenvalue weighted by Gasteiger charge is -2.27. The number of para-hydroxylation sites is 1. The van der Waals surface area contributed by atoms with Crippen LogP contribution < -0.4 is 4.31 Å². The van der Waals surface area contributed by atoms with Gasteiger partial charge in [-0.25, -0.2) is 16.8 Å². The molecule has 4 rings (SSSR count). The first-order valence-corrected chi connectivity index (χ1v) is 14.0. The minimum Gasteiger partial charge on any atom is -0.337 e. The highest BCUT2D eigenvalue weighted by molar-refractivity contribution is 7.93. The normalized spacial score (nSPS) is 19.8. The van der Waals surface area contributed by atoms with Gasteiger partial charge in [0.25, 0.3) is 10.0 Å². The fraction of sp³-hybridized carbons (Fsp3) is 0.524. The van der Waals surface area contributed by atoms with E-state index in [4.69, 9.17) is 0 Å². The number of likely N-dealkylation sites (N-methyl/N-ethyl adjacent to an activating group) is 1. The number of sulfonamides is 1. The van der Waals surface area contributed by atoms with Crippen LogP contribution in [0.2, 0.25) is 0 Å². The van der Waals surface area contributed by atoms with Crippen molar-refractivity contribution < 1.29 is 21.6 Å². The van der Waals surface area contributed by atoms with Crippen molar-refractivity contribution in [3.05, 3.63) is 41.2 Å². The van der Waals surface area contributed by atoms with Gasteiger partial charge in [-0.15, -0.1) is 0 Å². The van der Waals surface area contributed by atoms with E-state index in [-0.39, 0.29) is 34.9 Å². The van der Waals surface area contributed by atoms with Crippen LogP contribution in [0, 0.1) is 13.8 Å². The van der Waals surface area contributed by atoms with Crippen molar-refractivity contribution in [3.8, 4) is 0 Å². The summed E-state index contributed by atoms with van der Waals surface area (Å²) in [6, 6.07) is 7.09. The summed E-state index contributed by atoms with van der Waals surface area (Å²) in [6.45, 7) is 5.70. The van der Waals surface area contributed by atoms with E-state index in [0.717, 1.165) is 5.56 Å². The maximum atomic E-state index is 13.5. The van der Waals surface area contributed by atoms with Crippen molar-refractivity contribution in [2.45, 2.75) is 51.1 Å². The number of amides is 1. The van der Waals surface area contributed by atoms with Gasteiger partial charge in [0, 0.05) is 19.1 Å². The fourth-order valence-corrected chi connectivity index (χ4v) is 8.37. The quantitative estimate of drug-likeness (QED) is 0.616. The van der Waals surface area contributed by atoms with E-state index >= 15 is 0 Å². The number of anilines is 1. The number of carbonyl (C=O) groups excluding carboxylic acids is 1. The molecule has 1 amide bonds. The van der Waals surface area contributed by atoms with Crippen LogP contribution in [0.5, 0.6) is 0 Å². The second kappa shape index (κ2) is 8.18. The molecule has 1 aromatic heterocycles. The standard InChI is InChI=1S/C21H28N4O5S2/c1-4-23(18-10-12-31(27,28)14-18)20(26)13-24-16(3)21(15(2)22-24)32(29,30)25-11-9-17-7-5-6-8-19(17)25/h5-8,18H,4,9-14H2,1-3H3/t18-/m0/s1. The molecule has 1 fully saturated rings. The summed E-state index contributed by atoms with van der Waals surface area (Å²) in [4.78, 5) is 14.7. The Morgan fingerprint density at radius 3 is 2.62 bits per heavy atom. The van der Waals surface area contributed by atoms with Crippen molar-refractivity contribution >= 4 is 31.5 Å². The third-order valence-electron chi connectivity index (χ3n) is 6.30. The molecule has 1 atom stereocenters. The van der Waals surface area contributed by atoms with Gasteiger partial charge in [0.1, 0.15) is 11.4 Å². The molecule has 0 bridgehead atoms. The van der Waals surface area contributed by atoms with Crippen LogP contribution in [0.3, 0.4) is 0 Å². The first-order chi connectivity index (χ1) is 15.0. The lowest BCUT2D eigenvalue weighted by atomic mass is 10.2. The Kier molecular flexibility index (Phi) is 5.83. The molecular formula is C21H28N4O5S2. The molecule has 0 aliphatic carbocycles. The lowest BCUT2D eigenvalue weighted by molar-refractivity contribution is -0.133. The van der Waals surface area contributed by atoms with Gasteiger partial charge in [0.15, 0.2) is 9.84 Å². The summed E-state index contributed by atoms with van der Waals surface area (Å²) < 4.78 is 53.5. The molecule has 9 nitrogen and oxygen atoms in total. The minimum atomic E-state index is -3.84. The number of carbonyl (C=O) groups is 1. The first kappa shape index (κ1) is 22.8. The molecule has 2 aliphatic heterocycles. The van der Waals surface area contributed by atoms with Gasteiger partial charge >= 0.3 is 0 Å². The number of sulfone groups is 1. The number of aryl methyl sites for hydroxylation is 1. The van der Waals surface area contributed by atoms with Crippen LogP contribution in [-0.2, 0) is 37.6 Å². The molecule has 0 unspecified atom stereocenters. The van der Waals surface area contributed by atoms with E-state index in [2.05, 4.69) is 5.10 Å². The van der Waals surface area contributed by atoms with Gasteiger partial charge in [-0.3, -0.25) is 13.8 Å². The molecule has 1 saturated heterocycles. The molecule has 3 heterocycles. The number of aromatic nitrogens is 2. The van der Waals surface area contributed by atoms with E-state index in [1.54, 1.807) is 24.8 Å². The van der Waals surface area contributed by atoms with Crippen LogP contribution in [0.15, 0.2) is 29.2 Å². The van der Waals surface area contributed by atoms with Gasteiger partial charge in [-0.2, -0.15) is 5.10 Å². The van der Waals surface area contributed by atoms with Crippen molar-refractivity contribution in [2.24, 2.45) is 0 Å². The highest BCUT2D eigenvalue weighted by Gasteiger charge is 2.37. The second-order valence-corrected chi connectivity index (χ2v) is 12.4. The molecular weight excluding hydrogens is 452 g/mol. The monoisotopic (exact) mass is 480 g/mol. The third-order valence-corrected chi connectivity index (χ3v) is 10.1. The fourth-order valence-electron chi connectivity index (χ4n) is 4.75. The molecule has 0 spiro atoms. The first-order valence-electron chi connectivity index (χ1n) is 10.7. The second-order valence-electron chi connectivity index (χ2n) is 8.35. The van der Waals surface area contributed by atoms with Crippen molar-refractivity contribution in [1.82, 2.24) is 14.7 Å². The van der Waals surface area contributed by atoms with Crippen molar-refractivity contribution in [1.29, 1.82) is 0 Å². The molecule has 2 aromatic rings. The Morgan fingerprint density at radius 1 is 1.25 bits per heavy atom. The molecule has 0 radical (unpaired) electrons. The summed E-state index contributed by atoms with van der Waals surface area (Å²) in [5.41, 5.74) is 2.40. The van der Waals surface area contributed by atoms with Crippen molar-refractivity contribution in [3.63, 3.8) is 0 Å². The topological polar surface area (TPSA) is 110 Å². The van der Waals surface area contributed by atoms with Crippen molar-refractivity contribution in [2.75, 3.05) is 28.9 Å². The summed E-state index contributed by atoms with van der Waals surface area (Å²) >= 11 is 0. The van der Waals surface area contributed by atoms with Gasteiger partial charge < -0.3 is 4.90 Å². The Balaban J connectivity index is 1.60. The maximum Gasteiger partial charge on any atom is 0.268 e. The number of benzene rings is 1. The maximum absolute atomic E-state index is 13.5. The predicted octanol–water partition coefficient (Wildman–Crippen LogP) is 1.29. The van der Waals surface area contributed by atoms with Crippen LogP contribution in [0.1, 0.15) is 30.3 Å². The average molecular weight is 481 g/mol. The van der Waals surface area contributed by atoms with E-state index in [1.807, 2.05) is 25.1 Å². The summed E-state index contributed by atoms with van der Waals surface area (Å²) in [6.07, 6.45) is 1.07. The zero-order valence-electron chi connectivity index (χ0n) is 18.5. The van der Waals surface area contributed by atoms with E-state index < -0.39 is 19.9 Å². The van der Waals surface area contributed by atoms with Gasteiger partial charge in [-0.05, 0) is 45.2 Å². The van der Waals surface area contributed by atoms with Gasteiger partial charge in [0.2, 0.25) is 5.91 Å². The summed E-state index contributed by atoms with van der Waals surface area (Å²) in [5, 5.41) is 4.36.